The van der Waals surface area contributed by atoms with Crippen LogP contribution in [0, 0.1) is 6.92 Å². The largest absolute Gasteiger partial charge is 0.437 e. The Bertz CT molecular complexity index is 862. The van der Waals surface area contributed by atoms with Gasteiger partial charge in [0.25, 0.3) is 0 Å². The van der Waals surface area contributed by atoms with Gasteiger partial charge in [0.15, 0.2) is 6.10 Å². The van der Waals surface area contributed by atoms with Crippen molar-refractivity contribution in [1.82, 2.24) is 9.80 Å². The average molecular weight is 486 g/mol. The molecular formula is C25H35F4N3O2. The first kappa shape index (κ1) is 25.1. The smallest absolute Gasteiger partial charge is 0.425 e. The Labute approximate surface area is 199 Å². The van der Waals surface area contributed by atoms with E-state index in [1.54, 1.807) is 0 Å². The van der Waals surface area contributed by atoms with Crippen LogP contribution < -0.4 is 4.90 Å². The monoisotopic (exact) mass is 485 g/mol. The molecule has 34 heavy (non-hydrogen) atoms. The Kier molecular flexibility index (Phi) is 7.31. The van der Waals surface area contributed by atoms with E-state index < -0.39 is 24.5 Å². The standard InChI is InChI=1S/C25H35F4N3O2/c1-18-14-20(16-22(15-18)30-10-4-21(26)5-11-30)17-32-9-3-6-24(32)7-12-31(13-8-24)23(33)34-19(2)25(27,28)29/h14-16,19,21H,3-13,17H2,1-2H3. The summed E-state index contributed by atoms with van der Waals surface area (Å²) in [7, 11) is 0. The molecule has 3 aliphatic heterocycles. The lowest BCUT2D eigenvalue weighted by Crippen LogP contribution is -2.53. The molecule has 0 aromatic heterocycles. The Hall–Kier alpha value is -2.03. The summed E-state index contributed by atoms with van der Waals surface area (Å²) in [6.07, 6.45) is -3.56. The number of carbonyl (C=O) groups excluding carboxylic acids is 1. The molecule has 0 saturated carbocycles. The molecule has 1 aromatic carbocycles. The molecule has 0 N–H and O–H groups in total. The summed E-state index contributed by atoms with van der Waals surface area (Å²) in [4.78, 5) is 18.4. The van der Waals surface area contributed by atoms with Crippen molar-refractivity contribution >= 4 is 11.8 Å². The first-order valence-corrected chi connectivity index (χ1v) is 12.3. The fourth-order valence-corrected chi connectivity index (χ4v) is 5.65. The van der Waals surface area contributed by atoms with Crippen molar-refractivity contribution in [2.75, 3.05) is 37.6 Å². The number of carbonyl (C=O) groups is 1. The van der Waals surface area contributed by atoms with E-state index in [-0.39, 0.29) is 5.54 Å². The molecule has 1 atom stereocenters. The molecule has 5 nitrogen and oxygen atoms in total. The van der Waals surface area contributed by atoms with Gasteiger partial charge in [-0.1, -0.05) is 6.07 Å². The predicted octanol–water partition coefficient (Wildman–Crippen LogP) is 5.45. The van der Waals surface area contributed by atoms with Gasteiger partial charge in [0.2, 0.25) is 0 Å². The van der Waals surface area contributed by atoms with Gasteiger partial charge in [0, 0.05) is 44.0 Å². The van der Waals surface area contributed by atoms with Crippen LogP contribution in [-0.2, 0) is 11.3 Å². The summed E-state index contributed by atoms with van der Waals surface area (Å²) in [5, 5.41) is 0. The fraction of sp³-hybridized carbons (Fsp3) is 0.720. The Morgan fingerprint density at radius 2 is 1.76 bits per heavy atom. The van der Waals surface area contributed by atoms with Gasteiger partial charge in [-0.2, -0.15) is 13.2 Å². The number of amides is 1. The van der Waals surface area contributed by atoms with Gasteiger partial charge in [-0.3, -0.25) is 4.90 Å². The highest BCUT2D eigenvalue weighted by Gasteiger charge is 2.45. The summed E-state index contributed by atoms with van der Waals surface area (Å²) in [6, 6.07) is 6.57. The molecule has 3 heterocycles. The SMILES string of the molecule is Cc1cc(CN2CCCC23CCN(C(=O)OC(C)C(F)(F)F)CC3)cc(N2CCC(F)CC2)c1. The number of anilines is 1. The molecule has 1 spiro atoms. The van der Waals surface area contributed by atoms with Gasteiger partial charge in [0.05, 0.1) is 0 Å². The van der Waals surface area contributed by atoms with Crippen molar-refractivity contribution in [3.63, 3.8) is 0 Å². The van der Waals surface area contributed by atoms with Crippen LogP contribution in [0.15, 0.2) is 18.2 Å². The number of benzene rings is 1. The Morgan fingerprint density at radius 3 is 2.41 bits per heavy atom. The van der Waals surface area contributed by atoms with Crippen LogP contribution in [0.25, 0.3) is 0 Å². The first-order chi connectivity index (χ1) is 16.1. The summed E-state index contributed by atoms with van der Waals surface area (Å²) in [5.41, 5.74) is 3.51. The topological polar surface area (TPSA) is 36.0 Å². The average Bonchev–Trinajstić information content (AvgIpc) is 3.15. The maximum absolute atomic E-state index is 13.6. The zero-order chi connectivity index (χ0) is 24.5. The lowest BCUT2D eigenvalue weighted by atomic mass is 9.85. The number of ether oxygens (including phenoxy) is 1. The van der Waals surface area contributed by atoms with E-state index in [2.05, 4.69) is 39.7 Å². The van der Waals surface area contributed by atoms with E-state index in [0.29, 0.717) is 25.9 Å². The number of rotatable bonds is 4. The first-order valence-electron chi connectivity index (χ1n) is 12.3. The summed E-state index contributed by atoms with van der Waals surface area (Å²) >= 11 is 0. The lowest BCUT2D eigenvalue weighted by Gasteiger charge is -2.45. The van der Waals surface area contributed by atoms with Crippen molar-refractivity contribution < 1.29 is 27.1 Å². The predicted molar refractivity (Wildman–Crippen MR) is 123 cm³/mol. The van der Waals surface area contributed by atoms with Crippen LogP contribution in [0.5, 0.6) is 0 Å². The maximum atomic E-state index is 13.6. The van der Waals surface area contributed by atoms with Crippen LogP contribution in [0.4, 0.5) is 28.0 Å². The van der Waals surface area contributed by atoms with Crippen molar-refractivity contribution in [3.8, 4) is 0 Å². The molecule has 1 unspecified atom stereocenters. The van der Waals surface area contributed by atoms with Crippen molar-refractivity contribution in [1.29, 1.82) is 0 Å². The Balaban J connectivity index is 1.38. The highest BCUT2D eigenvalue weighted by Crippen LogP contribution is 2.40. The third-order valence-electron chi connectivity index (χ3n) is 7.72. The van der Waals surface area contributed by atoms with Crippen molar-refractivity contribution in [2.24, 2.45) is 0 Å². The highest BCUT2D eigenvalue weighted by molar-refractivity contribution is 5.68. The number of alkyl halides is 4. The van der Waals surface area contributed by atoms with Gasteiger partial charge < -0.3 is 14.5 Å². The quantitative estimate of drug-likeness (QED) is 0.532. The van der Waals surface area contributed by atoms with E-state index in [9.17, 15) is 22.4 Å². The second-order valence-electron chi connectivity index (χ2n) is 10.1. The van der Waals surface area contributed by atoms with E-state index >= 15 is 0 Å². The summed E-state index contributed by atoms with van der Waals surface area (Å²) in [5.74, 6) is 0. The molecular weight excluding hydrogens is 450 g/mol. The molecule has 0 aliphatic carbocycles. The van der Waals surface area contributed by atoms with Crippen LogP contribution in [0.2, 0.25) is 0 Å². The van der Waals surface area contributed by atoms with E-state index in [1.165, 1.54) is 16.0 Å². The third-order valence-corrected chi connectivity index (χ3v) is 7.72. The van der Waals surface area contributed by atoms with E-state index in [1.807, 2.05) is 0 Å². The number of nitrogens with zero attached hydrogens (tertiary/aromatic N) is 3. The second-order valence-corrected chi connectivity index (χ2v) is 10.1. The summed E-state index contributed by atoms with van der Waals surface area (Å²) < 4.78 is 56.5. The number of hydrogen-bond donors (Lipinski definition) is 0. The van der Waals surface area contributed by atoms with Gasteiger partial charge >= 0.3 is 12.3 Å². The van der Waals surface area contributed by atoms with Gasteiger partial charge in [-0.05, 0) is 82.2 Å². The molecule has 3 saturated heterocycles. The molecule has 4 rings (SSSR count). The van der Waals surface area contributed by atoms with Gasteiger partial charge in [0.1, 0.15) is 6.17 Å². The molecule has 0 bridgehead atoms. The Morgan fingerprint density at radius 1 is 1.09 bits per heavy atom. The molecule has 0 radical (unpaired) electrons. The third kappa shape index (κ3) is 5.61. The molecule has 1 amide bonds. The zero-order valence-electron chi connectivity index (χ0n) is 20.0. The number of halogens is 4. The normalized spacial score (nSPS) is 22.9. The number of aryl methyl sites for hydroxylation is 1. The number of hydrogen-bond acceptors (Lipinski definition) is 4. The molecule has 3 aliphatic rings. The summed E-state index contributed by atoms with van der Waals surface area (Å²) in [6.45, 7) is 6.97. The van der Waals surface area contributed by atoms with E-state index in [4.69, 9.17) is 0 Å². The second kappa shape index (κ2) is 9.91. The maximum Gasteiger partial charge on any atom is 0.425 e. The lowest BCUT2D eigenvalue weighted by molar-refractivity contribution is -0.200. The minimum absolute atomic E-state index is 0.0388. The fourth-order valence-electron chi connectivity index (χ4n) is 5.65. The number of likely N-dealkylation sites (tertiary alicyclic amines) is 2. The molecule has 3 fully saturated rings. The van der Waals surface area contributed by atoms with Crippen molar-refractivity contribution in [3.05, 3.63) is 29.3 Å². The minimum Gasteiger partial charge on any atom is -0.437 e. The van der Waals surface area contributed by atoms with Crippen molar-refractivity contribution in [2.45, 2.75) is 82.9 Å². The molecule has 9 heteroatoms. The van der Waals surface area contributed by atoms with Gasteiger partial charge in [-0.15, -0.1) is 0 Å². The number of piperidine rings is 2. The van der Waals surface area contributed by atoms with Crippen LogP contribution in [0.3, 0.4) is 0 Å². The molecule has 190 valence electrons. The molecule has 1 aromatic rings. The van der Waals surface area contributed by atoms with Crippen LogP contribution in [0.1, 0.15) is 56.6 Å². The van der Waals surface area contributed by atoms with Crippen LogP contribution >= 0.6 is 0 Å². The van der Waals surface area contributed by atoms with Gasteiger partial charge in [-0.25, -0.2) is 9.18 Å². The van der Waals surface area contributed by atoms with E-state index in [0.717, 1.165) is 64.5 Å². The zero-order valence-corrected chi connectivity index (χ0v) is 20.0. The highest BCUT2D eigenvalue weighted by atomic mass is 19.4. The van der Waals surface area contributed by atoms with Crippen LogP contribution in [-0.4, -0.2) is 72.6 Å². The minimum atomic E-state index is -4.55.